The van der Waals surface area contributed by atoms with E-state index in [1.807, 2.05) is 30.3 Å². The minimum absolute atomic E-state index is 0.0613. The number of amides is 1. The molecule has 5 nitrogen and oxygen atoms in total. The predicted octanol–water partition coefficient (Wildman–Crippen LogP) is 4.76. The molecule has 2 aromatic carbocycles. The second-order valence-corrected chi connectivity index (χ2v) is 9.49. The lowest BCUT2D eigenvalue weighted by molar-refractivity contribution is -0.119. The molecule has 2 heterocycles. The molecule has 0 spiro atoms. The Labute approximate surface area is 202 Å². The molecule has 0 radical (unpaired) electrons. The number of hydrogen-bond acceptors (Lipinski definition) is 5. The van der Waals surface area contributed by atoms with Gasteiger partial charge in [-0.05, 0) is 61.5 Å². The van der Waals surface area contributed by atoms with Gasteiger partial charge < -0.3 is 10.6 Å². The quantitative estimate of drug-likeness (QED) is 0.356. The Balaban J connectivity index is 1.36. The minimum Gasteiger partial charge on any atom is -0.352 e. The van der Waals surface area contributed by atoms with Crippen LogP contribution in [0, 0.1) is 11.7 Å². The first-order chi connectivity index (χ1) is 16.1. The number of nitrogens with one attached hydrogen (secondary N) is 2. The number of carbonyl (C=O) groups is 1. The van der Waals surface area contributed by atoms with Gasteiger partial charge in [0, 0.05) is 24.0 Å². The van der Waals surface area contributed by atoms with Gasteiger partial charge in [0.1, 0.15) is 5.82 Å². The molecule has 0 aliphatic carbocycles. The van der Waals surface area contributed by atoms with Crippen LogP contribution >= 0.6 is 23.4 Å². The zero-order chi connectivity index (χ0) is 23.0. The molecule has 1 aromatic heterocycles. The number of rotatable bonds is 8. The maximum atomic E-state index is 13.6. The number of carbonyl (C=O) groups excluding carboxylic acids is 1. The molecule has 1 fully saturated rings. The Kier molecular flexibility index (Phi) is 8.31. The molecule has 2 unspecified atom stereocenters. The van der Waals surface area contributed by atoms with Crippen LogP contribution in [0.1, 0.15) is 18.4 Å². The normalized spacial score (nSPS) is 16.8. The van der Waals surface area contributed by atoms with Crippen molar-refractivity contribution in [3.63, 3.8) is 0 Å². The van der Waals surface area contributed by atoms with Gasteiger partial charge in [-0.15, -0.1) is 0 Å². The highest BCUT2D eigenvalue weighted by molar-refractivity contribution is 7.99. The van der Waals surface area contributed by atoms with Gasteiger partial charge in [0.05, 0.1) is 10.8 Å². The molecule has 1 amide bonds. The summed E-state index contributed by atoms with van der Waals surface area (Å²) < 4.78 is 13.6. The molecule has 1 saturated heterocycles. The summed E-state index contributed by atoms with van der Waals surface area (Å²) in [5, 5.41) is 7.26. The highest BCUT2D eigenvalue weighted by Gasteiger charge is 2.25. The van der Waals surface area contributed by atoms with Gasteiger partial charge in [-0.2, -0.15) is 0 Å². The predicted molar refractivity (Wildman–Crippen MR) is 131 cm³/mol. The third-order valence-corrected chi connectivity index (χ3v) is 6.92. The van der Waals surface area contributed by atoms with Crippen molar-refractivity contribution in [3.8, 4) is 11.1 Å². The first kappa shape index (κ1) is 23.7. The summed E-state index contributed by atoms with van der Waals surface area (Å²) in [5.41, 5.74) is 2.90. The summed E-state index contributed by atoms with van der Waals surface area (Å²) in [4.78, 5) is 21.6. The van der Waals surface area contributed by atoms with Crippen molar-refractivity contribution in [2.45, 2.75) is 30.5 Å². The van der Waals surface area contributed by atoms with Crippen molar-refractivity contribution < 1.29 is 9.18 Å². The van der Waals surface area contributed by atoms with E-state index in [4.69, 9.17) is 11.6 Å². The van der Waals surface area contributed by atoms with Crippen LogP contribution in [0.5, 0.6) is 0 Å². The van der Waals surface area contributed by atoms with Gasteiger partial charge in [-0.25, -0.2) is 14.4 Å². The van der Waals surface area contributed by atoms with Crippen LogP contribution in [0.15, 0.2) is 66.1 Å². The Morgan fingerprint density at radius 1 is 1.18 bits per heavy atom. The Morgan fingerprint density at radius 2 is 1.97 bits per heavy atom. The second-order valence-electron chi connectivity index (χ2n) is 8.14. The van der Waals surface area contributed by atoms with E-state index in [-0.39, 0.29) is 22.7 Å². The SMILES string of the molecule is O=C(CSc1ncc(-c2ccccc2)cn1)NC(Cc1ccc(F)c(Cl)c1)C1CCCNC1. The van der Waals surface area contributed by atoms with Crippen LogP contribution in [0.3, 0.4) is 0 Å². The number of hydrogen-bond donors (Lipinski definition) is 2. The molecule has 0 bridgehead atoms. The maximum absolute atomic E-state index is 13.6. The fourth-order valence-corrected chi connectivity index (χ4v) is 4.83. The molecular formula is C25H26ClFN4OS. The van der Waals surface area contributed by atoms with E-state index in [1.54, 1.807) is 24.5 Å². The lowest BCUT2D eigenvalue weighted by Gasteiger charge is -2.31. The van der Waals surface area contributed by atoms with E-state index in [9.17, 15) is 9.18 Å². The third kappa shape index (κ3) is 6.76. The highest BCUT2D eigenvalue weighted by atomic mass is 35.5. The largest absolute Gasteiger partial charge is 0.352 e. The molecule has 2 N–H and O–H groups in total. The van der Waals surface area contributed by atoms with Gasteiger partial charge in [0.25, 0.3) is 0 Å². The summed E-state index contributed by atoms with van der Waals surface area (Å²) in [5.74, 6) is 0.0263. The molecule has 172 valence electrons. The molecule has 1 aliphatic rings. The fourth-order valence-electron chi connectivity index (χ4n) is 4.03. The number of benzene rings is 2. The van der Waals surface area contributed by atoms with Crippen molar-refractivity contribution in [2.24, 2.45) is 5.92 Å². The van der Waals surface area contributed by atoms with Crippen LogP contribution in [0.2, 0.25) is 5.02 Å². The Hall–Kier alpha value is -2.48. The van der Waals surface area contributed by atoms with Gasteiger partial charge in [0.15, 0.2) is 5.16 Å². The minimum atomic E-state index is -0.435. The smallest absolute Gasteiger partial charge is 0.230 e. The zero-order valence-electron chi connectivity index (χ0n) is 18.1. The van der Waals surface area contributed by atoms with Crippen LogP contribution in [-0.2, 0) is 11.2 Å². The molecule has 0 saturated carbocycles. The van der Waals surface area contributed by atoms with Crippen molar-refractivity contribution in [2.75, 3.05) is 18.8 Å². The van der Waals surface area contributed by atoms with Crippen LogP contribution in [0.25, 0.3) is 11.1 Å². The summed E-state index contributed by atoms with van der Waals surface area (Å²) >= 11 is 7.28. The fraction of sp³-hybridized carbons (Fsp3) is 0.320. The monoisotopic (exact) mass is 484 g/mol. The number of halogens is 2. The average Bonchev–Trinajstić information content (AvgIpc) is 2.86. The molecule has 8 heteroatoms. The van der Waals surface area contributed by atoms with E-state index < -0.39 is 5.82 Å². The lowest BCUT2D eigenvalue weighted by Crippen LogP contribution is -2.48. The lowest BCUT2D eigenvalue weighted by atomic mass is 9.87. The number of piperidine rings is 1. The van der Waals surface area contributed by atoms with Gasteiger partial charge in [-0.3, -0.25) is 4.79 Å². The summed E-state index contributed by atoms with van der Waals surface area (Å²) in [7, 11) is 0. The molecule has 33 heavy (non-hydrogen) atoms. The molecule has 2 atom stereocenters. The van der Waals surface area contributed by atoms with Crippen molar-refractivity contribution >= 4 is 29.3 Å². The average molecular weight is 485 g/mol. The van der Waals surface area contributed by atoms with Gasteiger partial charge >= 0.3 is 0 Å². The first-order valence-corrected chi connectivity index (χ1v) is 12.4. The van der Waals surface area contributed by atoms with E-state index >= 15 is 0 Å². The van der Waals surface area contributed by atoms with Crippen molar-refractivity contribution in [1.82, 2.24) is 20.6 Å². The van der Waals surface area contributed by atoms with Crippen LogP contribution in [0.4, 0.5) is 4.39 Å². The summed E-state index contributed by atoms with van der Waals surface area (Å²) in [6, 6.07) is 14.6. The van der Waals surface area contributed by atoms with E-state index in [0.29, 0.717) is 17.5 Å². The maximum Gasteiger partial charge on any atom is 0.230 e. The first-order valence-electron chi connectivity index (χ1n) is 11.0. The summed E-state index contributed by atoms with van der Waals surface area (Å²) in [6.45, 7) is 1.84. The van der Waals surface area contributed by atoms with Crippen molar-refractivity contribution in [3.05, 3.63) is 77.3 Å². The molecule has 3 aromatic rings. The van der Waals surface area contributed by atoms with Crippen molar-refractivity contribution in [1.29, 1.82) is 0 Å². The van der Waals surface area contributed by atoms with E-state index in [2.05, 4.69) is 20.6 Å². The third-order valence-electron chi connectivity index (χ3n) is 5.76. The zero-order valence-corrected chi connectivity index (χ0v) is 19.7. The van der Waals surface area contributed by atoms with E-state index in [0.717, 1.165) is 42.6 Å². The topological polar surface area (TPSA) is 66.9 Å². The number of thioether (sulfide) groups is 1. The number of nitrogens with zero attached hydrogens (tertiary/aromatic N) is 2. The van der Waals surface area contributed by atoms with Gasteiger partial charge in [-0.1, -0.05) is 59.8 Å². The van der Waals surface area contributed by atoms with Crippen LogP contribution in [-0.4, -0.2) is 40.8 Å². The molecule has 1 aliphatic heterocycles. The molecular weight excluding hydrogens is 459 g/mol. The standard InChI is InChI=1S/C25H26ClFN4OS/c26-21-11-17(8-9-22(21)27)12-23(19-7-4-10-28-13-19)31-24(32)16-33-25-29-14-20(15-30-25)18-5-2-1-3-6-18/h1-3,5-6,8-9,11,14-15,19,23,28H,4,7,10,12-13,16H2,(H,31,32). The number of aromatic nitrogens is 2. The molecule has 4 rings (SSSR count). The second kappa shape index (κ2) is 11.6. The van der Waals surface area contributed by atoms with Gasteiger partial charge in [0.2, 0.25) is 5.91 Å². The Morgan fingerprint density at radius 3 is 2.67 bits per heavy atom. The highest BCUT2D eigenvalue weighted by Crippen LogP contribution is 2.23. The Bertz CT molecular complexity index is 1060. The summed E-state index contributed by atoms with van der Waals surface area (Å²) in [6.07, 6.45) is 6.25. The van der Waals surface area contributed by atoms with E-state index in [1.165, 1.54) is 17.8 Å². The van der Waals surface area contributed by atoms with Crippen LogP contribution < -0.4 is 10.6 Å².